The van der Waals surface area contributed by atoms with E-state index in [1.165, 1.54) is 116 Å². The first kappa shape index (κ1) is 31.4. The smallest absolute Gasteiger partial charge is 0.323 e. The Labute approximate surface area is 217 Å². The highest BCUT2D eigenvalue weighted by Gasteiger charge is 2.21. The zero-order valence-electron chi connectivity index (χ0n) is 22.3. The zero-order valence-corrected chi connectivity index (χ0v) is 23.1. The zero-order chi connectivity index (χ0) is 25.9. The number of rotatable bonds is 21. The fraction of sp³-hybridized carbons (Fsp3) is 0.750. The summed E-state index contributed by atoms with van der Waals surface area (Å²) >= 11 is 1.25. The van der Waals surface area contributed by atoms with Gasteiger partial charge < -0.3 is 25.4 Å². The maximum absolute atomic E-state index is 11.6. The molecule has 0 radical (unpaired) electrons. The Hall–Kier alpha value is -1.60. The highest BCUT2D eigenvalue weighted by molar-refractivity contribution is 7.99. The first-order valence-corrected chi connectivity index (χ1v) is 14.5. The maximum atomic E-state index is 11.6. The van der Waals surface area contributed by atoms with Crippen LogP contribution in [0.1, 0.15) is 109 Å². The highest BCUT2D eigenvalue weighted by atomic mass is 32.2. The topological polar surface area (TPSA) is 102 Å². The summed E-state index contributed by atoms with van der Waals surface area (Å²) < 4.78 is 9.89. The van der Waals surface area contributed by atoms with Crippen molar-refractivity contribution in [3.63, 3.8) is 0 Å². The van der Waals surface area contributed by atoms with Gasteiger partial charge in [-0.25, -0.2) is 0 Å². The number of unbranched alkanes of at least 4 members (excludes halogenated alkanes) is 14. The molecule has 35 heavy (non-hydrogen) atoms. The van der Waals surface area contributed by atoms with Crippen molar-refractivity contribution in [1.82, 2.24) is 0 Å². The number of carbonyl (C=O) groups is 1. The molecule has 0 heterocycles. The summed E-state index contributed by atoms with van der Waals surface area (Å²) in [7, 11) is 2.76. The average Bonchev–Trinajstić information content (AvgIpc) is 2.86. The van der Waals surface area contributed by atoms with Crippen LogP contribution in [0.3, 0.4) is 0 Å². The highest BCUT2D eigenvalue weighted by Crippen LogP contribution is 2.44. The quantitative estimate of drug-likeness (QED) is 0.0699. The lowest BCUT2D eigenvalue weighted by molar-refractivity contribution is -0.141. The van der Waals surface area contributed by atoms with E-state index >= 15 is 0 Å². The minimum Gasteiger partial charge on any atom is -0.507 e. The molecule has 0 aliphatic rings. The lowest BCUT2D eigenvalue weighted by Gasteiger charge is -2.17. The van der Waals surface area contributed by atoms with Crippen LogP contribution in [0.5, 0.6) is 17.2 Å². The van der Waals surface area contributed by atoms with E-state index in [2.05, 4.69) is 11.7 Å². The number of thioether (sulfide) groups is 1. The second kappa shape index (κ2) is 19.6. The molecule has 0 unspecified atom stereocenters. The van der Waals surface area contributed by atoms with Gasteiger partial charge >= 0.3 is 5.97 Å². The molecule has 1 atom stereocenters. The Morgan fingerprint density at radius 2 is 1.37 bits per heavy atom. The molecule has 0 aliphatic heterocycles. The maximum Gasteiger partial charge on any atom is 0.323 e. The molecule has 0 bridgehead atoms. The normalized spacial score (nSPS) is 12.0. The minimum atomic E-state index is -0.799. The number of methoxy groups -OCH3 is 2. The van der Waals surface area contributed by atoms with Crippen LogP contribution in [0.2, 0.25) is 0 Å². The number of benzene rings is 1. The Kier molecular flexibility index (Phi) is 17.6. The van der Waals surface area contributed by atoms with Gasteiger partial charge in [0.25, 0.3) is 0 Å². The van der Waals surface area contributed by atoms with E-state index in [9.17, 15) is 15.0 Å². The van der Waals surface area contributed by atoms with E-state index < -0.39 is 12.0 Å². The number of hydrogen-bond acceptors (Lipinski definition) is 7. The fourth-order valence-corrected chi connectivity index (χ4v) is 5.35. The number of esters is 1. The van der Waals surface area contributed by atoms with Crippen molar-refractivity contribution in [2.24, 2.45) is 5.73 Å². The third kappa shape index (κ3) is 12.8. The van der Waals surface area contributed by atoms with Crippen LogP contribution in [0.25, 0.3) is 0 Å². The number of phenolic OH excluding ortho intramolecular Hbond substituents is 2. The molecule has 7 heteroatoms. The Morgan fingerprint density at radius 3 is 1.83 bits per heavy atom. The summed E-state index contributed by atoms with van der Waals surface area (Å²) in [4.78, 5) is 12.2. The van der Waals surface area contributed by atoms with Gasteiger partial charge in [-0.1, -0.05) is 96.8 Å². The van der Waals surface area contributed by atoms with Crippen molar-refractivity contribution in [2.75, 3.05) is 20.0 Å². The van der Waals surface area contributed by atoms with Gasteiger partial charge in [-0.2, -0.15) is 0 Å². The first-order chi connectivity index (χ1) is 17.0. The van der Waals surface area contributed by atoms with Crippen LogP contribution in [0.4, 0.5) is 0 Å². The van der Waals surface area contributed by atoms with Gasteiger partial charge in [0, 0.05) is 17.4 Å². The fourth-order valence-electron chi connectivity index (χ4n) is 4.28. The van der Waals surface area contributed by atoms with Crippen LogP contribution in [-0.4, -0.2) is 42.2 Å². The molecule has 1 rings (SSSR count). The predicted molar refractivity (Wildman–Crippen MR) is 146 cm³/mol. The second-order valence-corrected chi connectivity index (χ2v) is 10.4. The molecule has 0 amide bonds. The van der Waals surface area contributed by atoms with E-state index in [0.29, 0.717) is 16.9 Å². The summed E-state index contributed by atoms with van der Waals surface area (Å²) in [5, 5.41) is 21.2. The van der Waals surface area contributed by atoms with Crippen LogP contribution >= 0.6 is 11.8 Å². The molecule has 202 valence electrons. The third-order valence-corrected chi connectivity index (χ3v) is 7.73. The SMILES string of the molecule is CCCCCCCCCCCCCCCCCc1c(O)c(OC)cc(O)c1SC[C@@H](N)C(=O)OC. The Bertz CT molecular complexity index is 713. The van der Waals surface area contributed by atoms with Gasteiger partial charge in [0.2, 0.25) is 0 Å². The molecule has 0 spiro atoms. The van der Waals surface area contributed by atoms with Crippen molar-refractivity contribution < 1.29 is 24.5 Å². The van der Waals surface area contributed by atoms with Crippen molar-refractivity contribution in [3.05, 3.63) is 11.6 Å². The number of ether oxygens (including phenoxy) is 2. The largest absolute Gasteiger partial charge is 0.507 e. The lowest BCUT2D eigenvalue weighted by atomic mass is 10.0. The van der Waals surface area contributed by atoms with Crippen LogP contribution in [0.15, 0.2) is 11.0 Å². The average molecular weight is 512 g/mol. The molecular formula is C28H49NO5S. The minimum absolute atomic E-state index is 0.0256. The van der Waals surface area contributed by atoms with E-state index in [-0.39, 0.29) is 23.0 Å². The van der Waals surface area contributed by atoms with E-state index in [1.54, 1.807) is 0 Å². The molecule has 0 fully saturated rings. The van der Waals surface area contributed by atoms with Gasteiger partial charge in [-0.3, -0.25) is 4.79 Å². The summed E-state index contributed by atoms with van der Waals surface area (Å²) in [6.45, 7) is 2.26. The van der Waals surface area contributed by atoms with E-state index in [0.717, 1.165) is 12.8 Å². The first-order valence-electron chi connectivity index (χ1n) is 13.5. The van der Waals surface area contributed by atoms with Crippen molar-refractivity contribution in [2.45, 2.75) is 121 Å². The predicted octanol–water partition coefficient (Wildman–Crippen LogP) is 7.11. The second-order valence-electron chi connectivity index (χ2n) is 9.39. The van der Waals surface area contributed by atoms with Gasteiger partial charge in [0.05, 0.1) is 19.1 Å². The van der Waals surface area contributed by atoms with Crippen LogP contribution in [0, 0.1) is 0 Å². The van der Waals surface area contributed by atoms with Crippen LogP contribution < -0.4 is 10.5 Å². The molecule has 0 saturated carbocycles. The van der Waals surface area contributed by atoms with Gasteiger partial charge in [-0.15, -0.1) is 11.8 Å². The molecule has 4 N–H and O–H groups in total. The number of nitrogens with two attached hydrogens (primary N) is 1. The molecule has 0 saturated heterocycles. The molecule has 0 aliphatic carbocycles. The monoisotopic (exact) mass is 511 g/mol. The van der Waals surface area contributed by atoms with E-state index in [1.807, 2.05) is 0 Å². The Morgan fingerprint density at radius 1 is 0.886 bits per heavy atom. The molecule has 6 nitrogen and oxygen atoms in total. The third-order valence-electron chi connectivity index (χ3n) is 6.46. The lowest BCUT2D eigenvalue weighted by Crippen LogP contribution is -2.33. The number of aromatic hydroxyl groups is 2. The molecule has 1 aromatic rings. The summed E-state index contributed by atoms with van der Waals surface area (Å²) in [6, 6.07) is 0.601. The Balaban J connectivity index is 2.33. The number of hydrogen-bond donors (Lipinski definition) is 3. The number of carbonyl (C=O) groups excluding carboxylic acids is 1. The van der Waals surface area contributed by atoms with Crippen molar-refractivity contribution in [1.29, 1.82) is 0 Å². The molecule has 1 aromatic carbocycles. The summed E-state index contributed by atoms with van der Waals surface area (Å²) in [6.07, 6.45) is 20.0. The summed E-state index contributed by atoms with van der Waals surface area (Å²) in [5.74, 6) is 0.0685. The van der Waals surface area contributed by atoms with Gasteiger partial charge in [-0.05, 0) is 12.8 Å². The molecule has 0 aromatic heterocycles. The van der Waals surface area contributed by atoms with Crippen molar-refractivity contribution in [3.8, 4) is 17.2 Å². The number of phenols is 2. The van der Waals surface area contributed by atoms with Crippen LogP contribution in [-0.2, 0) is 16.0 Å². The summed E-state index contributed by atoms with van der Waals surface area (Å²) in [5.41, 5.74) is 6.49. The van der Waals surface area contributed by atoms with E-state index in [4.69, 9.17) is 10.5 Å². The van der Waals surface area contributed by atoms with Gasteiger partial charge in [0.15, 0.2) is 11.5 Å². The standard InChI is InChI=1S/C28H49NO5S/c1-4-5-6-7-8-9-10-11-12-13-14-15-16-17-18-19-22-26(31)25(33-2)20-24(30)27(22)35-21-23(29)28(32)34-3/h20,23,30-31H,4-19,21,29H2,1-3H3/t23-/m1/s1. The van der Waals surface area contributed by atoms with Gasteiger partial charge in [0.1, 0.15) is 11.8 Å². The molecular weight excluding hydrogens is 462 g/mol. The van der Waals surface area contributed by atoms with Crippen molar-refractivity contribution >= 4 is 17.7 Å².